The van der Waals surface area contributed by atoms with Gasteiger partial charge in [0.15, 0.2) is 0 Å². The van der Waals surface area contributed by atoms with Gasteiger partial charge in [-0.1, -0.05) is 6.07 Å². The Hall–Kier alpha value is -2.77. The molecule has 6 nitrogen and oxygen atoms in total. The van der Waals surface area contributed by atoms with Gasteiger partial charge in [-0.05, 0) is 30.9 Å². The van der Waals surface area contributed by atoms with E-state index in [4.69, 9.17) is 0 Å². The van der Waals surface area contributed by atoms with Crippen molar-refractivity contribution >= 4 is 39.2 Å². The molecule has 4 rings (SSSR count). The molecule has 1 aliphatic rings. The minimum atomic E-state index is -1.22. The fourth-order valence-electron chi connectivity index (χ4n) is 3.47. The number of benzene rings is 1. The Morgan fingerprint density at radius 2 is 2.23 bits per heavy atom. The predicted molar refractivity (Wildman–Crippen MR) is 111 cm³/mol. The average molecular weight is 447 g/mol. The zero-order valence-electron chi connectivity index (χ0n) is 15.6. The summed E-state index contributed by atoms with van der Waals surface area (Å²) in [4.78, 5) is 33.8. The number of halogens is 2. The second kappa shape index (κ2) is 8.53. The van der Waals surface area contributed by atoms with Gasteiger partial charge in [-0.15, -0.1) is 23.1 Å². The van der Waals surface area contributed by atoms with Crippen LogP contribution in [-0.2, 0) is 23.4 Å². The van der Waals surface area contributed by atoms with E-state index in [9.17, 15) is 23.6 Å². The van der Waals surface area contributed by atoms with Crippen molar-refractivity contribution in [2.45, 2.75) is 31.1 Å². The standard InChI is InChI=1S/C20H16F2N4O2S2/c21-10-4-5-11(13(22)6-10)14(7-23)24-17(27)9-29-8-16-25-19(28)18-12-2-1-3-15(12)30-20(18)26-16/h4-6,14H,1-3,8-9H2,(H,24,27)(H,25,26,28). The number of nitrogens with one attached hydrogen (secondary N) is 2. The van der Waals surface area contributed by atoms with Crippen LogP contribution < -0.4 is 10.9 Å². The highest BCUT2D eigenvalue weighted by atomic mass is 32.2. The van der Waals surface area contributed by atoms with Crippen LogP contribution in [0.3, 0.4) is 0 Å². The van der Waals surface area contributed by atoms with Gasteiger partial charge in [0.2, 0.25) is 5.91 Å². The molecule has 0 spiro atoms. The Morgan fingerprint density at radius 3 is 3.00 bits per heavy atom. The number of rotatable bonds is 6. The third-order valence-corrected chi connectivity index (χ3v) is 6.93. The van der Waals surface area contributed by atoms with Gasteiger partial charge < -0.3 is 10.3 Å². The number of aromatic amines is 1. The maximum absolute atomic E-state index is 13.8. The molecular weight excluding hydrogens is 430 g/mol. The van der Waals surface area contributed by atoms with Crippen molar-refractivity contribution < 1.29 is 13.6 Å². The van der Waals surface area contributed by atoms with E-state index in [0.29, 0.717) is 23.0 Å². The molecule has 0 fully saturated rings. The molecule has 0 aliphatic heterocycles. The van der Waals surface area contributed by atoms with Gasteiger partial charge in [0, 0.05) is 16.5 Å². The summed E-state index contributed by atoms with van der Waals surface area (Å²) in [6, 6.07) is 3.41. The van der Waals surface area contributed by atoms with Crippen molar-refractivity contribution in [3.63, 3.8) is 0 Å². The number of carbonyl (C=O) groups is 1. The van der Waals surface area contributed by atoms with Crippen molar-refractivity contribution in [1.82, 2.24) is 15.3 Å². The first-order valence-corrected chi connectivity index (χ1v) is 11.2. The summed E-state index contributed by atoms with van der Waals surface area (Å²) in [5, 5.41) is 12.3. The summed E-state index contributed by atoms with van der Waals surface area (Å²) in [7, 11) is 0. The minimum absolute atomic E-state index is 0.0102. The normalized spacial score (nSPS) is 13.8. The Labute approximate surface area is 178 Å². The van der Waals surface area contributed by atoms with E-state index in [2.05, 4.69) is 15.3 Å². The number of H-pyrrole nitrogens is 1. The van der Waals surface area contributed by atoms with Crippen LogP contribution in [0.2, 0.25) is 0 Å². The lowest BCUT2D eigenvalue weighted by molar-refractivity contribution is -0.118. The van der Waals surface area contributed by atoms with Crippen molar-refractivity contribution in [2.75, 3.05) is 5.75 Å². The van der Waals surface area contributed by atoms with Crippen LogP contribution in [0.15, 0.2) is 23.0 Å². The topological polar surface area (TPSA) is 98.6 Å². The molecule has 1 atom stereocenters. The fraction of sp³-hybridized carbons (Fsp3) is 0.300. The van der Waals surface area contributed by atoms with E-state index >= 15 is 0 Å². The first-order chi connectivity index (χ1) is 14.5. The van der Waals surface area contributed by atoms with Crippen LogP contribution in [0.25, 0.3) is 10.2 Å². The SMILES string of the molecule is N#CC(NC(=O)CSCc1nc2sc3c(c2c(=O)[nH]1)CCC3)c1ccc(F)cc1F. The molecule has 1 amide bonds. The third-order valence-electron chi connectivity index (χ3n) is 4.80. The Bertz CT molecular complexity index is 1230. The van der Waals surface area contributed by atoms with Crippen LogP contribution >= 0.6 is 23.1 Å². The monoisotopic (exact) mass is 446 g/mol. The highest BCUT2D eigenvalue weighted by Gasteiger charge is 2.21. The number of aryl methyl sites for hydroxylation is 2. The summed E-state index contributed by atoms with van der Waals surface area (Å²) in [6.45, 7) is 0. The summed E-state index contributed by atoms with van der Waals surface area (Å²) in [6.07, 6.45) is 2.95. The molecule has 2 heterocycles. The van der Waals surface area contributed by atoms with Gasteiger partial charge in [0.25, 0.3) is 5.56 Å². The molecule has 0 bridgehead atoms. The van der Waals surface area contributed by atoms with E-state index in [1.165, 1.54) is 16.6 Å². The number of thioether (sulfide) groups is 1. The van der Waals surface area contributed by atoms with Gasteiger partial charge >= 0.3 is 0 Å². The van der Waals surface area contributed by atoms with Gasteiger partial charge in [0.1, 0.15) is 28.3 Å². The zero-order chi connectivity index (χ0) is 21.3. The molecular formula is C20H16F2N4O2S2. The molecule has 0 radical (unpaired) electrons. The largest absolute Gasteiger partial charge is 0.336 e. The predicted octanol–water partition coefficient (Wildman–Crippen LogP) is 3.37. The quantitative estimate of drug-likeness (QED) is 0.605. The fourth-order valence-corrected chi connectivity index (χ4v) is 5.46. The van der Waals surface area contributed by atoms with E-state index < -0.39 is 23.6 Å². The maximum Gasteiger partial charge on any atom is 0.259 e. The Morgan fingerprint density at radius 1 is 1.40 bits per heavy atom. The minimum Gasteiger partial charge on any atom is -0.336 e. The second-order valence-electron chi connectivity index (χ2n) is 6.84. The molecule has 1 unspecified atom stereocenters. The Kier molecular flexibility index (Phi) is 5.83. The molecule has 0 saturated heterocycles. The summed E-state index contributed by atoms with van der Waals surface area (Å²) in [5.41, 5.74) is 0.855. The van der Waals surface area contributed by atoms with Crippen LogP contribution in [0.5, 0.6) is 0 Å². The number of hydrogen-bond donors (Lipinski definition) is 2. The number of nitrogens with zero attached hydrogens (tertiary/aromatic N) is 2. The van der Waals surface area contributed by atoms with E-state index in [-0.39, 0.29) is 16.9 Å². The molecule has 0 saturated carbocycles. The lowest BCUT2D eigenvalue weighted by atomic mass is 10.1. The molecule has 10 heteroatoms. The molecule has 2 N–H and O–H groups in total. The van der Waals surface area contributed by atoms with E-state index in [1.54, 1.807) is 17.4 Å². The van der Waals surface area contributed by atoms with Crippen LogP contribution in [0.4, 0.5) is 8.78 Å². The first-order valence-electron chi connectivity index (χ1n) is 9.21. The number of thiophene rings is 1. The van der Waals surface area contributed by atoms with Crippen molar-refractivity contribution in [3.05, 3.63) is 62.0 Å². The summed E-state index contributed by atoms with van der Waals surface area (Å²) in [5.74, 6) is -1.36. The third kappa shape index (κ3) is 4.08. The van der Waals surface area contributed by atoms with Gasteiger partial charge in [-0.25, -0.2) is 13.8 Å². The molecule has 3 aromatic rings. The lowest BCUT2D eigenvalue weighted by Crippen LogP contribution is -2.29. The zero-order valence-corrected chi connectivity index (χ0v) is 17.3. The highest BCUT2D eigenvalue weighted by molar-refractivity contribution is 7.99. The molecule has 1 aliphatic carbocycles. The van der Waals surface area contributed by atoms with Crippen molar-refractivity contribution in [2.24, 2.45) is 0 Å². The molecule has 154 valence electrons. The van der Waals surface area contributed by atoms with Gasteiger partial charge in [0.05, 0.1) is 23.0 Å². The van der Waals surface area contributed by atoms with Crippen molar-refractivity contribution in [3.8, 4) is 6.07 Å². The molecule has 1 aromatic carbocycles. The summed E-state index contributed by atoms with van der Waals surface area (Å²) < 4.78 is 26.9. The van der Waals surface area contributed by atoms with Crippen LogP contribution in [-0.4, -0.2) is 21.6 Å². The second-order valence-corrected chi connectivity index (χ2v) is 8.91. The van der Waals surface area contributed by atoms with Crippen LogP contribution in [0.1, 0.15) is 34.3 Å². The van der Waals surface area contributed by atoms with Gasteiger partial charge in [-0.3, -0.25) is 9.59 Å². The molecule has 30 heavy (non-hydrogen) atoms. The van der Waals surface area contributed by atoms with Gasteiger partial charge in [-0.2, -0.15) is 5.26 Å². The smallest absolute Gasteiger partial charge is 0.259 e. The average Bonchev–Trinajstić information content (AvgIpc) is 3.27. The number of nitriles is 1. The Balaban J connectivity index is 1.37. The van der Waals surface area contributed by atoms with Crippen molar-refractivity contribution in [1.29, 1.82) is 5.26 Å². The number of carbonyl (C=O) groups excluding carboxylic acids is 1. The first kappa shape index (κ1) is 20.5. The summed E-state index contributed by atoms with van der Waals surface area (Å²) >= 11 is 2.76. The highest BCUT2D eigenvalue weighted by Crippen LogP contribution is 2.34. The van der Waals surface area contributed by atoms with E-state index in [1.807, 2.05) is 0 Å². The number of hydrogen-bond acceptors (Lipinski definition) is 6. The number of aromatic nitrogens is 2. The van der Waals surface area contributed by atoms with Crippen LogP contribution in [0, 0.1) is 23.0 Å². The maximum atomic E-state index is 13.8. The molecule has 2 aromatic heterocycles. The number of amides is 1. The van der Waals surface area contributed by atoms with E-state index in [0.717, 1.165) is 41.8 Å². The lowest BCUT2D eigenvalue weighted by Gasteiger charge is -2.12. The number of fused-ring (bicyclic) bond motifs is 3.